The van der Waals surface area contributed by atoms with Crippen LogP contribution in [-0.4, -0.2) is 47.6 Å². The van der Waals surface area contributed by atoms with Gasteiger partial charge in [0.05, 0.1) is 12.2 Å². The molecule has 2 fully saturated rings. The zero-order chi connectivity index (χ0) is 16.8. The molecule has 1 aliphatic heterocycles. The maximum atomic E-state index is 4.74. The lowest BCUT2D eigenvalue weighted by Crippen LogP contribution is -2.45. The fourth-order valence-corrected chi connectivity index (χ4v) is 3.86. The van der Waals surface area contributed by atoms with E-state index in [-0.39, 0.29) is 0 Å². The first-order chi connectivity index (χ1) is 11.8. The SMILES string of the molecule is CCNC(=NCc1ncccc1C)NC1CCN(C2CCCC2)C1. The van der Waals surface area contributed by atoms with Crippen LogP contribution < -0.4 is 10.6 Å². The smallest absolute Gasteiger partial charge is 0.191 e. The van der Waals surface area contributed by atoms with E-state index in [0.717, 1.165) is 30.8 Å². The van der Waals surface area contributed by atoms with E-state index in [1.807, 2.05) is 12.3 Å². The van der Waals surface area contributed by atoms with Gasteiger partial charge in [0.2, 0.25) is 0 Å². The Bertz CT molecular complexity index is 550. The third kappa shape index (κ3) is 4.47. The molecule has 3 rings (SSSR count). The van der Waals surface area contributed by atoms with Crippen LogP contribution in [-0.2, 0) is 6.54 Å². The summed E-state index contributed by atoms with van der Waals surface area (Å²) < 4.78 is 0. The fraction of sp³-hybridized carbons (Fsp3) is 0.684. The molecule has 1 unspecified atom stereocenters. The monoisotopic (exact) mass is 329 g/mol. The van der Waals surface area contributed by atoms with Gasteiger partial charge in [0.15, 0.2) is 5.96 Å². The molecule has 0 bridgehead atoms. The molecule has 0 radical (unpaired) electrons. The minimum Gasteiger partial charge on any atom is -0.357 e. The van der Waals surface area contributed by atoms with E-state index < -0.39 is 0 Å². The number of nitrogens with zero attached hydrogens (tertiary/aromatic N) is 3. The first kappa shape index (κ1) is 17.2. The molecular weight excluding hydrogens is 298 g/mol. The summed E-state index contributed by atoms with van der Waals surface area (Å²) in [5.41, 5.74) is 2.25. The molecule has 1 aliphatic carbocycles. The number of guanidine groups is 1. The van der Waals surface area contributed by atoms with Crippen LogP contribution in [0, 0.1) is 6.92 Å². The van der Waals surface area contributed by atoms with Crippen LogP contribution in [0.5, 0.6) is 0 Å². The minimum atomic E-state index is 0.508. The van der Waals surface area contributed by atoms with E-state index in [1.54, 1.807) is 0 Å². The maximum absolute atomic E-state index is 4.74. The van der Waals surface area contributed by atoms with Gasteiger partial charge in [0.25, 0.3) is 0 Å². The molecule has 0 aromatic carbocycles. The lowest BCUT2D eigenvalue weighted by atomic mass is 10.2. The summed E-state index contributed by atoms with van der Waals surface area (Å²) in [6, 6.07) is 5.40. The highest BCUT2D eigenvalue weighted by molar-refractivity contribution is 5.80. The predicted octanol–water partition coefficient (Wildman–Crippen LogP) is 2.46. The zero-order valence-corrected chi connectivity index (χ0v) is 15.1. The van der Waals surface area contributed by atoms with E-state index in [4.69, 9.17) is 4.99 Å². The first-order valence-electron chi connectivity index (χ1n) is 9.45. The van der Waals surface area contributed by atoms with Crippen LogP contribution in [0.2, 0.25) is 0 Å². The Hall–Kier alpha value is -1.62. The van der Waals surface area contributed by atoms with Gasteiger partial charge in [0.1, 0.15) is 0 Å². The van der Waals surface area contributed by atoms with Gasteiger partial charge in [-0.3, -0.25) is 9.88 Å². The molecule has 2 heterocycles. The minimum absolute atomic E-state index is 0.508. The summed E-state index contributed by atoms with van der Waals surface area (Å²) in [6.07, 6.45) is 8.65. The molecule has 24 heavy (non-hydrogen) atoms. The molecule has 132 valence electrons. The van der Waals surface area contributed by atoms with Gasteiger partial charge in [-0.25, -0.2) is 4.99 Å². The lowest BCUT2D eigenvalue weighted by molar-refractivity contribution is 0.242. The molecule has 0 spiro atoms. The van der Waals surface area contributed by atoms with Crippen molar-refractivity contribution in [1.82, 2.24) is 20.5 Å². The topological polar surface area (TPSA) is 52.6 Å². The second-order valence-corrected chi connectivity index (χ2v) is 7.03. The van der Waals surface area contributed by atoms with Crippen molar-refractivity contribution in [2.45, 2.75) is 64.6 Å². The average Bonchev–Trinajstić information content (AvgIpc) is 3.25. The molecule has 1 saturated heterocycles. The van der Waals surface area contributed by atoms with Gasteiger partial charge >= 0.3 is 0 Å². The van der Waals surface area contributed by atoms with Crippen molar-refractivity contribution >= 4 is 5.96 Å². The number of pyridine rings is 1. The van der Waals surface area contributed by atoms with E-state index in [9.17, 15) is 0 Å². The van der Waals surface area contributed by atoms with Crippen molar-refractivity contribution < 1.29 is 0 Å². The molecule has 1 atom stereocenters. The van der Waals surface area contributed by atoms with Gasteiger partial charge in [-0.15, -0.1) is 0 Å². The number of aromatic nitrogens is 1. The Balaban J connectivity index is 1.55. The van der Waals surface area contributed by atoms with E-state index >= 15 is 0 Å². The highest BCUT2D eigenvalue weighted by Gasteiger charge is 2.30. The Kier molecular flexibility index (Phi) is 6.07. The van der Waals surface area contributed by atoms with Crippen molar-refractivity contribution in [3.05, 3.63) is 29.6 Å². The second-order valence-electron chi connectivity index (χ2n) is 7.03. The third-order valence-corrected chi connectivity index (χ3v) is 5.25. The van der Waals surface area contributed by atoms with Crippen molar-refractivity contribution in [3.63, 3.8) is 0 Å². The Morgan fingerprint density at radius 1 is 1.33 bits per heavy atom. The average molecular weight is 329 g/mol. The van der Waals surface area contributed by atoms with Crippen molar-refractivity contribution in [2.75, 3.05) is 19.6 Å². The lowest BCUT2D eigenvalue weighted by Gasteiger charge is -2.24. The molecule has 2 N–H and O–H groups in total. The van der Waals surface area contributed by atoms with Crippen molar-refractivity contribution in [2.24, 2.45) is 4.99 Å². The number of rotatable bonds is 5. The standard InChI is InChI=1S/C19H31N5/c1-3-20-19(22-13-18-15(2)7-6-11-21-18)23-16-10-12-24(14-16)17-8-4-5-9-17/h6-7,11,16-17H,3-5,8-10,12-14H2,1-2H3,(H2,20,22,23). The molecule has 0 amide bonds. The van der Waals surface area contributed by atoms with Crippen LogP contribution >= 0.6 is 0 Å². The van der Waals surface area contributed by atoms with Crippen LogP contribution in [0.3, 0.4) is 0 Å². The van der Waals surface area contributed by atoms with Gasteiger partial charge < -0.3 is 10.6 Å². The Labute approximate surface area is 146 Å². The van der Waals surface area contributed by atoms with Crippen LogP contribution in [0.4, 0.5) is 0 Å². The molecule has 1 aromatic rings. The highest BCUT2D eigenvalue weighted by atomic mass is 15.3. The van der Waals surface area contributed by atoms with Gasteiger partial charge in [-0.05, 0) is 44.7 Å². The largest absolute Gasteiger partial charge is 0.357 e. The summed E-state index contributed by atoms with van der Waals surface area (Å²) in [6.45, 7) is 8.09. The second kappa shape index (κ2) is 8.47. The molecule has 1 saturated carbocycles. The number of hydrogen-bond acceptors (Lipinski definition) is 3. The normalized spacial score (nSPS) is 22.9. The van der Waals surface area contributed by atoms with Crippen LogP contribution in [0.15, 0.2) is 23.3 Å². The number of hydrogen-bond donors (Lipinski definition) is 2. The summed E-state index contributed by atoms with van der Waals surface area (Å²) >= 11 is 0. The summed E-state index contributed by atoms with van der Waals surface area (Å²) in [4.78, 5) is 11.9. The van der Waals surface area contributed by atoms with Gasteiger partial charge in [-0.1, -0.05) is 18.9 Å². The quantitative estimate of drug-likeness (QED) is 0.644. The molecule has 5 heteroatoms. The predicted molar refractivity (Wildman–Crippen MR) is 99.2 cm³/mol. The van der Waals surface area contributed by atoms with Crippen LogP contribution in [0.1, 0.15) is 50.3 Å². The summed E-state index contributed by atoms with van der Waals surface area (Å²) in [7, 11) is 0. The number of likely N-dealkylation sites (tertiary alicyclic amines) is 1. The highest BCUT2D eigenvalue weighted by Crippen LogP contribution is 2.26. The molecule has 1 aromatic heterocycles. The summed E-state index contributed by atoms with van der Waals surface area (Å²) in [5.74, 6) is 0.917. The van der Waals surface area contributed by atoms with E-state index in [2.05, 4.69) is 40.4 Å². The van der Waals surface area contributed by atoms with Gasteiger partial charge in [-0.2, -0.15) is 0 Å². The maximum Gasteiger partial charge on any atom is 0.191 e. The Morgan fingerprint density at radius 2 is 2.17 bits per heavy atom. The summed E-state index contributed by atoms with van der Waals surface area (Å²) in [5, 5.41) is 7.01. The molecular formula is C19H31N5. The van der Waals surface area contributed by atoms with E-state index in [0.29, 0.717) is 12.6 Å². The van der Waals surface area contributed by atoms with Crippen LogP contribution in [0.25, 0.3) is 0 Å². The Morgan fingerprint density at radius 3 is 2.92 bits per heavy atom. The van der Waals surface area contributed by atoms with Gasteiger partial charge in [0, 0.05) is 37.9 Å². The molecule has 2 aliphatic rings. The van der Waals surface area contributed by atoms with E-state index in [1.165, 1.54) is 44.2 Å². The fourth-order valence-electron chi connectivity index (χ4n) is 3.86. The number of aliphatic imine (C=N–C) groups is 1. The third-order valence-electron chi connectivity index (χ3n) is 5.25. The number of aryl methyl sites for hydroxylation is 1. The molecule has 5 nitrogen and oxygen atoms in total. The first-order valence-corrected chi connectivity index (χ1v) is 9.45. The van der Waals surface area contributed by atoms with Crippen molar-refractivity contribution in [3.8, 4) is 0 Å². The zero-order valence-electron chi connectivity index (χ0n) is 15.1. The van der Waals surface area contributed by atoms with Crippen molar-refractivity contribution in [1.29, 1.82) is 0 Å². The number of nitrogens with one attached hydrogen (secondary N) is 2.